The van der Waals surface area contributed by atoms with Gasteiger partial charge >= 0.3 is 0 Å². The highest BCUT2D eigenvalue weighted by molar-refractivity contribution is 14.1. The molecule has 0 fully saturated rings. The van der Waals surface area contributed by atoms with Crippen LogP contribution in [0.15, 0.2) is 10.9 Å². The second-order valence-electron chi connectivity index (χ2n) is 2.35. The monoisotopic (exact) mass is 333 g/mol. The van der Waals surface area contributed by atoms with E-state index in [4.69, 9.17) is 11.6 Å². The van der Waals surface area contributed by atoms with Crippen molar-refractivity contribution in [3.63, 3.8) is 0 Å². The largest absolute Gasteiger partial charge is 0.320 e. The first-order chi connectivity index (χ1) is 6.43. The van der Waals surface area contributed by atoms with Gasteiger partial charge in [-0.2, -0.15) is 0 Å². The van der Waals surface area contributed by atoms with Gasteiger partial charge in [0.05, 0.1) is 14.8 Å². The van der Waals surface area contributed by atoms with Gasteiger partial charge in [0.2, 0.25) is 0 Å². The van der Waals surface area contributed by atoms with Crippen LogP contribution < -0.4 is 5.56 Å². The summed E-state index contributed by atoms with van der Waals surface area (Å²) in [7, 11) is 0. The van der Waals surface area contributed by atoms with Gasteiger partial charge < -0.3 is 4.98 Å². The number of rotatable bonds is 2. The molecule has 14 heavy (non-hydrogen) atoms. The smallest absolute Gasteiger partial charge is 0.279 e. The number of H-pyrrole nitrogens is 1. The Kier molecular flexibility index (Phi) is 3.59. The average Bonchev–Trinajstić information content (AvgIpc) is 2.08. The fourth-order valence-electron chi connectivity index (χ4n) is 0.854. The first-order valence-electron chi connectivity index (χ1n) is 3.34. The van der Waals surface area contributed by atoms with E-state index in [9.17, 15) is 18.4 Å². The zero-order valence-electron chi connectivity index (χ0n) is 6.48. The van der Waals surface area contributed by atoms with Crippen LogP contribution in [0.1, 0.15) is 22.5 Å². The Morgan fingerprint density at radius 2 is 2.14 bits per heavy atom. The Morgan fingerprint density at radius 1 is 1.57 bits per heavy atom. The molecule has 7 heteroatoms. The number of aromatic nitrogens is 1. The normalized spacial score (nSPS) is 10.6. The summed E-state index contributed by atoms with van der Waals surface area (Å²) in [6.45, 7) is 0. The third-order valence-corrected chi connectivity index (χ3v) is 2.46. The number of aromatic amines is 1. The Bertz CT molecular complexity index is 432. The Balaban J connectivity index is 3.47. The van der Waals surface area contributed by atoms with Gasteiger partial charge in [-0.3, -0.25) is 9.59 Å². The summed E-state index contributed by atoms with van der Waals surface area (Å²) in [5.41, 5.74) is -1.77. The highest BCUT2D eigenvalue weighted by Gasteiger charge is 2.19. The SMILES string of the molecule is O=C(Cl)c1cc(I)c(=O)[nH]c1C(F)F. The van der Waals surface area contributed by atoms with Gasteiger partial charge in [0, 0.05) is 0 Å². The minimum absolute atomic E-state index is 0.135. The van der Waals surface area contributed by atoms with Gasteiger partial charge in [0.25, 0.3) is 17.2 Å². The standard InChI is InChI=1S/C7H3ClF2INO2/c8-5(13)2-1-3(11)7(14)12-4(2)6(9)10/h1,6H,(H,12,14). The number of nitrogens with one attached hydrogen (secondary N) is 1. The van der Waals surface area contributed by atoms with E-state index in [2.05, 4.69) is 0 Å². The average molecular weight is 333 g/mol. The first-order valence-corrected chi connectivity index (χ1v) is 4.80. The van der Waals surface area contributed by atoms with E-state index in [1.807, 2.05) is 4.98 Å². The molecule has 0 unspecified atom stereocenters. The number of carbonyl (C=O) groups excluding carboxylic acids is 1. The summed E-state index contributed by atoms with van der Waals surface area (Å²) in [5, 5.41) is -1.02. The molecule has 0 aromatic carbocycles. The fourth-order valence-corrected chi connectivity index (χ4v) is 1.46. The molecule has 0 radical (unpaired) electrons. The van der Waals surface area contributed by atoms with Crippen molar-refractivity contribution in [3.8, 4) is 0 Å². The van der Waals surface area contributed by atoms with Crippen LogP contribution in [0.5, 0.6) is 0 Å². The van der Waals surface area contributed by atoms with Crippen molar-refractivity contribution < 1.29 is 13.6 Å². The molecule has 1 aromatic heterocycles. The molecule has 0 saturated heterocycles. The van der Waals surface area contributed by atoms with E-state index in [1.165, 1.54) is 0 Å². The molecular weight excluding hydrogens is 330 g/mol. The van der Waals surface area contributed by atoms with Crippen molar-refractivity contribution in [2.45, 2.75) is 6.43 Å². The van der Waals surface area contributed by atoms with Crippen LogP contribution in [-0.2, 0) is 0 Å². The van der Waals surface area contributed by atoms with Gasteiger partial charge in [-0.15, -0.1) is 0 Å². The van der Waals surface area contributed by atoms with Crippen LogP contribution in [-0.4, -0.2) is 10.2 Å². The van der Waals surface area contributed by atoms with E-state index in [0.717, 1.165) is 6.07 Å². The van der Waals surface area contributed by atoms with Crippen molar-refractivity contribution in [2.24, 2.45) is 0 Å². The molecule has 0 aliphatic heterocycles. The Labute approximate surface area is 95.6 Å². The molecule has 0 atom stereocenters. The van der Waals surface area contributed by atoms with E-state index in [-0.39, 0.29) is 9.13 Å². The minimum Gasteiger partial charge on any atom is -0.320 e. The molecule has 1 heterocycles. The maximum absolute atomic E-state index is 12.3. The first kappa shape index (κ1) is 11.6. The number of hydrogen-bond acceptors (Lipinski definition) is 2. The molecule has 0 aliphatic carbocycles. The zero-order chi connectivity index (χ0) is 10.9. The van der Waals surface area contributed by atoms with Crippen molar-refractivity contribution in [2.75, 3.05) is 0 Å². The zero-order valence-corrected chi connectivity index (χ0v) is 9.40. The lowest BCUT2D eigenvalue weighted by Gasteiger charge is -2.04. The molecule has 0 bridgehead atoms. The summed E-state index contributed by atoms with van der Waals surface area (Å²) < 4.78 is 24.8. The second kappa shape index (κ2) is 4.35. The summed E-state index contributed by atoms with van der Waals surface area (Å²) in [6, 6.07) is 1.04. The van der Waals surface area contributed by atoms with E-state index in [0.29, 0.717) is 0 Å². The third kappa shape index (κ3) is 2.30. The molecule has 3 nitrogen and oxygen atoms in total. The van der Waals surface area contributed by atoms with Crippen molar-refractivity contribution in [1.82, 2.24) is 4.98 Å². The number of pyridine rings is 1. The molecule has 0 aliphatic rings. The lowest BCUT2D eigenvalue weighted by molar-refractivity contribution is 0.106. The van der Waals surface area contributed by atoms with Gasteiger partial charge in [-0.25, -0.2) is 8.78 Å². The number of alkyl halides is 2. The minimum atomic E-state index is -2.93. The molecule has 1 aromatic rings. The summed E-state index contributed by atoms with van der Waals surface area (Å²) in [5.74, 6) is 0. The lowest BCUT2D eigenvalue weighted by Crippen LogP contribution is -2.16. The molecule has 0 amide bonds. The second-order valence-corrected chi connectivity index (χ2v) is 3.85. The van der Waals surface area contributed by atoms with Gasteiger partial charge in [-0.1, -0.05) is 0 Å². The summed E-state index contributed by atoms with van der Waals surface area (Å²) >= 11 is 6.70. The molecular formula is C7H3ClF2INO2. The molecule has 76 valence electrons. The maximum atomic E-state index is 12.3. The number of hydrogen-bond donors (Lipinski definition) is 1. The van der Waals surface area contributed by atoms with Crippen LogP contribution in [0.3, 0.4) is 0 Å². The van der Waals surface area contributed by atoms with Crippen LogP contribution >= 0.6 is 34.2 Å². The van der Waals surface area contributed by atoms with Crippen LogP contribution in [0, 0.1) is 3.57 Å². The van der Waals surface area contributed by atoms with E-state index in [1.54, 1.807) is 22.6 Å². The molecule has 1 N–H and O–H groups in total. The summed E-state index contributed by atoms with van der Waals surface area (Å²) in [4.78, 5) is 23.6. The van der Waals surface area contributed by atoms with E-state index >= 15 is 0 Å². The van der Waals surface area contributed by atoms with Gasteiger partial charge in [0.15, 0.2) is 0 Å². The Hall–Kier alpha value is -0.500. The molecule has 1 rings (SSSR count). The van der Waals surface area contributed by atoms with E-state index < -0.39 is 22.9 Å². The third-order valence-electron chi connectivity index (χ3n) is 1.46. The predicted octanol–water partition coefficient (Wildman–Crippen LogP) is 2.30. The highest BCUT2D eigenvalue weighted by atomic mass is 127. The van der Waals surface area contributed by atoms with Gasteiger partial charge in [-0.05, 0) is 40.3 Å². The fraction of sp³-hybridized carbons (Fsp3) is 0.143. The topological polar surface area (TPSA) is 49.9 Å². The number of carbonyl (C=O) groups is 1. The highest BCUT2D eigenvalue weighted by Crippen LogP contribution is 2.21. The Morgan fingerprint density at radius 3 is 2.57 bits per heavy atom. The maximum Gasteiger partial charge on any atom is 0.279 e. The van der Waals surface area contributed by atoms with Crippen LogP contribution in [0.25, 0.3) is 0 Å². The molecule has 0 saturated carbocycles. The predicted molar refractivity (Wildman–Crippen MR) is 54.9 cm³/mol. The van der Waals surface area contributed by atoms with Crippen molar-refractivity contribution in [3.05, 3.63) is 31.2 Å². The van der Waals surface area contributed by atoms with Crippen LogP contribution in [0.2, 0.25) is 0 Å². The van der Waals surface area contributed by atoms with Gasteiger partial charge in [0.1, 0.15) is 0 Å². The lowest BCUT2D eigenvalue weighted by atomic mass is 10.2. The number of halogens is 4. The quantitative estimate of drug-likeness (QED) is 0.667. The molecule has 0 spiro atoms. The van der Waals surface area contributed by atoms with Crippen LogP contribution in [0.4, 0.5) is 8.78 Å². The van der Waals surface area contributed by atoms with Crippen molar-refractivity contribution in [1.29, 1.82) is 0 Å². The summed E-state index contributed by atoms with van der Waals surface area (Å²) in [6.07, 6.45) is -2.93. The van der Waals surface area contributed by atoms with Crippen molar-refractivity contribution >= 4 is 39.4 Å².